The molecule has 3 saturated carbocycles. The molecule has 4 aliphatic rings. The van der Waals surface area contributed by atoms with E-state index < -0.39 is 5.60 Å². The van der Waals surface area contributed by atoms with E-state index in [9.17, 15) is 0 Å². The van der Waals surface area contributed by atoms with E-state index in [1.165, 1.54) is 44.9 Å². The predicted octanol–water partition coefficient (Wildman–Crippen LogP) is 4.83. The lowest BCUT2D eigenvalue weighted by Crippen LogP contribution is -2.53. The van der Waals surface area contributed by atoms with Gasteiger partial charge >= 0.3 is 0 Å². The van der Waals surface area contributed by atoms with Crippen molar-refractivity contribution in [3.63, 3.8) is 0 Å². The Hall–Kier alpha value is -1.18. The zero-order chi connectivity index (χ0) is 16.8. The molecule has 3 fully saturated rings. The molecule has 4 rings (SSSR count). The summed E-state index contributed by atoms with van der Waals surface area (Å²) in [6.45, 7) is 2.75. The highest BCUT2D eigenvalue weighted by atomic mass is 16.5. The Kier molecular flexibility index (Phi) is 4.05. The van der Waals surface area contributed by atoms with Crippen LogP contribution in [0.3, 0.4) is 0 Å². The second kappa shape index (κ2) is 5.97. The molecule has 1 heteroatoms. The van der Waals surface area contributed by atoms with Crippen molar-refractivity contribution in [2.75, 3.05) is 6.61 Å². The third-order valence-electron chi connectivity index (χ3n) is 8.29. The lowest BCUT2D eigenvalue weighted by atomic mass is 9.49. The van der Waals surface area contributed by atoms with Crippen LogP contribution >= 0.6 is 0 Å². The van der Waals surface area contributed by atoms with Gasteiger partial charge in [-0.05, 0) is 81.0 Å². The van der Waals surface area contributed by atoms with Gasteiger partial charge in [0.15, 0.2) is 0 Å². The predicted molar refractivity (Wildman–Crippen MR) is 98.0 cm³/mol. The fourth-order valence-corrected chi connectivity index (χ4v) is 7.10. The van der Waals surface area contributed by atoms with Crippen molar-refractivity contribution in [3.05, 3.63) is 12.2 Å². The molecule has 1 unspecified atom stereocenters. The molecule has 7 atom stereocenters. The average molecular weight is 322 g/mol. The first-order valence-electron chi connectivity index (χ1n) is 9.85. The maximum atomic E-state index is 6.16. The van der Waals surface area contributed by atoms with Crippen LogP contribution in [0.15, 0.2) is 12.2 Å². The Bertz CT molecular complexity index is 605. The molecule has 4 aliphatic carbocycles. The van der Waals surface area contributed by atoms with E-state index in [4.69, 9.17) is 17.6 Å². The van der Waals surface area contributed by atoms with Gasteiger partial charge in [0, 0.05) is 5.41 Å². The highest BCUT2D eigenvalue weighted by Crippen LogP contribution is 2.65. The van der Waals surface area contributed by atoms with E-state index in [1.54, 1.807) is 0 Å². The SMILES string of the molecule is C#CCO[C@@]1(C#C)CC[C@H]2[C@@H]3CCC4CC=CC[C@@H]4[C@H]3CC[C@@]21C. The molecule has 24 heavy (non-hydrogen) atoms. The van der Waals surface area contributed by atoms with Gasteiger partial charge < -0.3 is 4.74 Å². The van der Waals surface area contributed by atoms with Gasteiger partial charge in [0.1, 0.15) is 12.2 Å². The van der Waals surface area contributed by atoms with Gasteiger partial charge in [-0.2, -0.15) is 0 Å². The minimum absolute atomic E-state index is 0.108. The molecular formula is C23H30O. The van der Waals surface area contributed by atoms with Crippen molar-refractivity contribution < 1.29 is 4.74 Å². The number of fused-ring (bicyclic) bond motifs is 5. The largest absolute Gasteiger partial charge is 0.349 e. The van der Waals surface area contributed by atoms with Crippen molar-refractivity contribution in [2.24, 2.45) is 35.0 Å². The molecule has 0 aromatic rings. The third-order valence-corrected chi connectivity index (χ3v) is 8.29. The van der Waals surface area contributed by atoms with Crippen LogP contribution in [0.4, 0.5) is 0 Å². The average Bonchev–Trinajstić information content (AvgIpc) is 2.92. The van der Waals surface area contributed by atoms with Gasteiger partial charge in [0.05, 0.1) is 0 Å². The second-order valence-corrected chi connectivity index (χ2v) is 8.84. The van der Waals surface area contributed by atoms with E-state index >= 15 is 0 Å². The van der Waals surface area contributed by atoms with Crippen LogP contribution in [0.1, 0.15) is 58.3 Å². The quantitative estimate of drug-likeness (QED) is 0.523. The van der Waals surface area contributed by atoms with Gasteiger partial charge in [-0.15, -0.1) is 12.8 Å². The van der Waals surface area contributed by atoms with Gasteiger partial charge in [-0.3, -0.25) is 0 Å². The minimum Gasteiger partial charge on any atom is -0.349 e. The lowest BCUT2D eigenvalue weighted by molar-refractivity contribution is -0.122. The molecule has 0 radical (unpaired) electrons. The molecular weight excluding hydrogens is 292 g/mol. The first kappa shape index (κ1) is 16.3. The van der Waals surface area contributed by atoms with E-state index in [0.717, 1.165) is 36.0 Å². The van der Waals surface area contributed by atoms with Crippen LogP contribution in [0.5, 0.6) is 0 Å². The molecule has 128 valence electrons. The van der Waals surface area contributed by atoms with Crippen LogP contribution in [0.25, 0.3) is 0 Å². The molecule has 0 aromatic heterocycles. The lowest BCUT2D eigenvalue weighted by Gasteiger charge is -2.56. The highest BCUT2D eigenvalue weighted by molar-refractivity contribution is 5.24. The fourth-order valence-electron chi connectivity index (χ4n) is 7.10. The van der Waals surface area contributed by atoms with Gasteiger partial charge in [0.2, 0.25) is 0 Å². The van der Waals surface area contributed by atoms with Crippen molar-refractivity contribution in [3.8, 4) is 24.7 Å². The monoisotopic (exact) mass is 322 g/mol. The Balaban J connectivity index is 1.61. The smallest absolute Gasteiger partial charge is 0.135 e. The molecule has 1 nitrogen and oxygen atoms in total. The first-order chi connectivity index (χ1) is 11.6. The van der Waals surface area contributed by atoms with Crippen LogP contribution < -0.4 is 0 Å². The van der Waals surface area contributed by atoms with Crippen LogP contribution in [-0.2, 0) is 4.74 Å². The van der Waals surface area contributed by atoms with Crippen molar-refractivity contribution >= 4 is 0 Å². The zero-order valence-corrected chi connectivity index (χ0v) is 15.0. The molecule has 0 N–H and O–H groups in total. The maximum absolute atomic E-state index is 6.16. The summed E-state index contributed by atoms with van der Waals surface area (Å²) in [6.07, 6.45) is 26.5. The van der Waals surface area contributed by atoms with Gasteiger partial charge in [-0.25, -0.2) is 0 Å². The summed E-state index contributed by atoms with van der Waals surface area (Å²) < 4.78 is 6.16. The molecule has 0 heterocycles. The van der Waals surface area contributed by atoms with Crippen molar-refractivity contribution in [1.82, 2.24) is 0 Å². The highest BCUT2D eigenvalue weighted by Gasteiger charge is 2.63. The number of hydrogen-bond donors (Lipinski definition) is 0. The van der Waals surface area contributed by atoms with E-state index in [-0.39, 0.29) is 5.41 Å². The van der Waals surface area contributed by atoms with Gasteiger partial charge in [0.25, 0.3) is 0 Å². The molecule has 0 spiro atoms. The normalized spacial score (nSPS) is 49.4. The maximum Gasteiger partial charge on any atom is 0.135 e. The third kappa shape index (κ3) is 2.14. The topological polar surface area (TPSA) is 9.23 Å². The summed E-state index contributed by atoms with van der Waals surface area (Å²) in [6, 6.07) is 0. The van der Waals surface area contributed by atoms with Crippen LogP contribution in [0.2, 0.25) is 0 Å². The second-order valence-electron chi connectivity index (χ2n) is 8.84. The summed E-state index contributed by atoms with van der Waals surface area (Å²) >= 11 is 0. The van der Waals surface area contributed by atoms with E-state index in [1.807, 2.05) is 0 Å². The Morgan fingerprint density at radius 1 is 1.00 bits per heavy atom. The summed E-state index contributed by atoms with van der Waals surface area (Å²) in [5.74, 6) is 10.1. The molecule has 0 aliphatic heterocycles. The summed E-state index contributed by atoms with van der Waals surface area (Å²) in [4.78, 5) is 0. The number of terminal acetylenes is 2. The summed E-state index contributed by atoms with van der Waals surface area (Å²) in [5, 5.41) is 0. The molecule has 0 amide bonds. The number of rotatable bonds is 2. The number of hydrogen-bond acceptors (Lipinski definition) is 1. The number of allylic oxidation sites excluding steroid dienone is 2. The van der Waals surface area contributed by atoms with E-state index in [2.05, 4.69) is 30.9 Å². The van der Waals surface area contributed by atoms with Crippen molar-refractivity contribution in [2.45, 2.75) is 63.9 Å². The fraction of sp³-hybridized carbons (Fsp3) is 0.739. The molecule has 0 bridgehead atoms. The number of ether oxygens (including phenoxy) is 1. The molecule has 0 aromatic carbocycles. The van der Waals surface area contributed by atoms with Crippen LogP contribution in [0, 0.1) is 59.7 Å². The van der Waals surface area contributed by atoms with Crippen molar-refractivity contribution in [1.29, 1.82) is 0 Å². The van der Waals surface area contributed by atoms with E-state index in [0.29, 0.717) is 6.61 Å². The summed E-state index contributed by atoms with van der Waals surface area (Å²) in [5.41, 5.74) is -0.324. The minimum atomic E-state index is -0.432. The first-order valence-corrected chi connectivity index (χ1v) is 9.85. The Morgan fingerprint density at radius 3 is 2.62 bits per heavy atom. The summed E-state index contributed by atoms with van der Waals surface area (Å²) in [7, 11) is 0. The van der Waals surface area contributed by atoms with Crippen LogP contribution in [-0.4, -0.2) is 12.2 Å². The zero-order valence-electron chi connectivity index (χ0n) is 15.0. The van der Waals surface area contributed by atoms with Gasteiger partial charge in [-0.1, -0.05) is 30.9 Å². The standard InChI is InChI=1S/C23H30O/c1-4-16-24-23(5-2)15-13-21-20-11-10-17-8-6-7-9-18(17)19(20)12-14-22(21,23)3/h1-2,6-7,17-21H,8-16H2,3H3/t17?,18-,19+,20+,21-,22-,23-/m0/s1. The Morgan fingerprint density at radius 2 is 1.83 bits per heavy atom. The molecule has 0 saturated heterocycles. The Labute approximate surface area is 147 Å².